The minimum absolute atomic E-state index is 0.817. The summed E-state index contributed by atoms with van der Waals surface area (Å²) in [6.45, 7) is -3.57. The molecule has 10 unspecified atom stereocenters. The van der Waals surface area contributed by atoms with Crippen LogP contribution in [0.3, 0.4) is 0 Å². The molecular weight excluding hydrogens is 814 g/mol. The predicted octanol–water partition coefficient (Wildman–Crippen LogP) is -11.8. The Labute approximate surface area is 333 Å². The zero-order valence-electron chi connectivity index (χ0n) is 31.2. The van der Waals surface area contributed by atoms with Gasteiger partial charge in [0.05, 0.1) is 33.0 Å². The first kappa shape index (κ1) is 48.5. The maximum absolute atomic E-state index is 12.4. The third-order valence-corrected chi connectivity index (χ3v) is 10.7. The molecule has 5 heterocycles. The molecule has 5 saturated heterocycles. The maximum Gasteiger partial charge on any atom is 0.217 e. The van der Waals surface area contributed by atoms with Gasteiger partial charge < -0.3 is 130 Å². The Morgan fingerprint density at radius 2 is 0.780 bits per heavy atom. The van der Waals surface area contributed by atoms with Crippen molar-refractivity contribution in [3.63, 3.8) is 0 Å². The van der Waals surface area contributed by atoms with Crippen LogP contribution < -0.4 is 5.32 Å². The fraction of sp³-hybridized carbons (Fsp3) is 0.969. The third kappa shape index (κ3) is 10.2. The van der Waals surface area contributed by atoms with E-state index in [0.717, 1.165) is 6.92 Å². The fourth-order valence-corrected chi connectivity index (χ4v) is 7.43. The molecule has 27 heteroatoms. The van der Waals surface area contributed by atoms with E-state index < -0.39 is 192 Å². The summed E-state index contributed by atoms with van der Waals surface area (Å²) in [6.07, 6.45) is -44.3. The molecule has 0 spiro atoms. The van der Waals surface area contributed by atoms with E-state index in [1.54, 1.807) is 0 Å². The summed E-state index contributed by atoms with van der Waals surface area (Å²) < 4.78 is 50.0. The lowest BCUT2D eigenvalue weighted by Crippen LogP contribution is -2.70. The number of amides is 1. The van der Waals surface area contributed by atoms with Gasteiger partial charge in [-0.2, -0.15) is 0 Å². The number of aliphatic hydroxyl groups excluding tert-OH is 16. The lowest BCUT2D eigenvalue weighted by atomic mass is 9.94. The van der Waals surface area contributed by atoms with E-state index in [0.29, 0.717) is 0 Å². The number of rotatable bonds is 14. The molecule has 344 valence electrons. The van der Waals surface area contributed by atoms with Crippen LogP contribution in [-0.2, 0) is 47.4 Å². The number of aliphatic hydroxyl groups is 16. The van der Waals surface area contributed by atoms with Crippen molar-refractivity contribution in [2.45, 2.75) is 160 Å². The zero-order valence-corrected chi connectivity index (χ0v) is 31.2. The van der Waals surface area contributed by atoms with Crippen LogP contribution >= 0.6 is 0 Å². The largest absolute Gasteiger partial charge is 0.394 e. The molecule has 1 amide bonds. The van der Waals surface area contributed by atoms with Gasteiger partial charge in [0, 0.05) is 6.92 Å². The molecule has 59 heavy (non-hydrogen) atoms. The van der Waals surface area contributed by atoms with Crippen molar-refractivity contribution in [2.75, 3.05) is 33.0 Å². The molecule has 0 aromatic carbocycles. The molecule has 0 aromatic rings. The lowest BCUT2D eigenvalue weighted by Gasteiger charge is -2.50. The second-order valence-corrected chi connectivity index (χ2v) is 14.7. The zero-order chi connectivity index (χ0) is 43.6. The molecule has 0 saturated carbocycles. The summed E-state index contributed by atoms with van der Waals surface area (Å²) in [4.78, 5) is 12.4. The number of carbonyl (C=O) groups excluding carboxylic acids is 1. The smallest absolute Gasteiger partial charge is 0.217 e. The highest BCUT2D eigenvalue weighted by Gasteiger charge is 2.57. The van der Waals surface area contributed by atoms with Crippen molar-refractivity contribution < 1.29 is 129 Å². The highest BCUT2D eigenvalue weighted by Crippen LogP contribution is 2.35. The molecule has 25 atom stereocenters. The van der Waals surface area contributed by atoms with Gasteiger partial charge in [-0.1, -0.05) is 0 Å². The molecule has 27 nitrogen and oxygen atoms in total. The van der Waals surface area contributed by atoms with Crippen LogP contribution in [0.1, 0.15) is 6.92 Å². The van der Waals surface area contributed by atoms with Gasteiger partial charge in [0.15, 0.2) is 31.5 Å². The van der Waals surface area contributed by atoms with Crippen molar-refractivity contribution in [1.82, 2.24) is 5.32 Å². The molecule has 5 fully saturated rings. The molecule has 0 aliphatic carbocycles. The Kier molecular flexibility index (Phi) is 17.1. The van der Waals surface area contributed by atoms with Crippen LogP contribution in [0.15, 0.2) is 0 Å². The summed E-state index contributed by atoms with van der Waals surface area (Å²) in [5.41, 5.74) is 0. The average Bonchev–Trinajstić information content (AvgIpc) is 3.21. The van der Waals surface area contributed by atoms with Gasteiger partial charge in [0.1, 0.15) is 122 Å². The monoisotopic (exact) mass is 869 g/mol. The molecule has 0 bridgehead atoms. The van der Waals surface area contributed by atoms with Gasteiger partial charge >= 0.3 is 0 Å². The van der Waals surface area contributed by atoms with Crippen molar-refractivity contribution in [3.8, 4) is 0 Å². The van der Waals surface area contributed by atoms with Crippen molar-refractivity contribution >= 4 is 5.91 Å². The van der Waals surface area contributed by atoms with Crippen LogP contribution in [0.4, 0.5) is 0 Å². The van der Waals surface area contributed by atoms with Crippen molar-refractivity contribution in [1.29, 1.82) is 0 Å². The van der Waals surface area contributed by atoms with E-state index in [9.17, 15) is 86.5 Å². The van der Waals surface area contributed by atoms with E-state index in [4.69, 9.17) is 42.6 Å². The standard InChI is InChI=1S/C32H55NO26/c1-7(39)33-13-17(43)24(56-31-23(49)27(16(42)10(4-36)53-31)59-30-21(47)18(44)14(40)8(2-34)52-30)12(6-38)55-29(13)58-26-15(41)9(3-35)54-32(22(26)48)57-25-11(5-37)51-28(50)20(46)19(25)45/h8-32,34-38,40-50H,2-6H2,1H3,(H,33,39)/t8-,9?,10-,11-,12?,13-,14-,15+,16-,17?,18?,19?,20?,21?,22-,23?,24+,25-,26?,27?,28+,29+,30-,31-,32+/m1/s1. The second kappa shape index (κ2) is 20.8. The van der Waals surface area contributed by atoms with Gasteiger partial charge in [-0.05, 0) is 0 Å². The highest BCUT2D eigenvalue weighted by atomic mass is 16.8. The Bertz CT molecular complexity index is 1320. The summed E-state index contributed by atoms with van der Waals surface area (Å²) in [7, 11) is 0. The quantitative estimate of drug-likeness (QED) is 0.0770. The fourth-order valence-electron chi connectivity index (χ4n) is 7.43. The number of ether oxygens (including phenoxy) is 9. The van der Waals surface area contributed by atoms with Gasteiger partial charge in [-0.15, -0.1) is 0 Å². The van der Waals surface area contributed by atoms with Gasteiger partial charge in [-0.3, -0.25) is 4.79 Å². The lowest BCUT2D eigenvalue weighted by molar-refractivity contribution is -0.386. The molecular formula is C32H55NO26. The SMILES string of the molecule is CC(=O)N[C@@H]1C(O)[C@@H](O[C@H]2O[C@H](CO)[C@@H](O)C(O[C@H]3O[C@H](CO)[C@@H](O)C(O)C3O)C2O)C(CO)O[C@H]1OC1[C@@H](O)C(CO)O[C@@H](O[C@H]2C(O)C(O)[C@@H](O)O[C@@H]2CO)[C@@H]1O. The average molecular weight is 870 g/mol. The molecule has 0 aromatic heterocycles. The molecule has 5 aliphatic heterocycles. The normalized spacial score (nSPS) is 51.0. The number of hydrogen-bond acceptors (Lipinski definition) is 26. The Morgan fingerprint density at radius 3 is 1.24 bits per heavy atom. The first-order valence-corrected chi connectivity index (χ1v) is 18.6. The first-order valence-electron chi connectivity index (χ1n) is 18.6. The molecule has 5 rings (SSSR count). The van der Waals surface area contributed by atoms with Crippen LogP contribution in [0.5, 0.6) is 0 Å². The summed E-state index contributed by atoms with van der Waals surface area (Å²) in [5.74, 6) is -0.817. The Balaban J connectivity index is 1.35. The number of nitrogens with one attached hydrogen (secondary N) is 1. The molecule has 17 N–H and O–H groups in total. The molecule has 5 aliphatic rings. The second-order valence-electron chi connectivity index (χ2n) is 14.7. The van der Waals surface area contributed by atoms with Crippen molar-refractivity contribution in [2.24, 2.45) is 0 Å². The highest BCUT2D eigenvalue weighted by molar-refractivity contribution is 5.73. The van der Waals surface area contributed by atoms with Crippen LogP contribution in [0, 0.1) is 0 Å². The van der Waals surface area contributed by atoms with E-state index >= 15 is 0 Å². The van der Waals surface area contributed by atoms with Crippen LogP contribution in [0.25, 0.3) is 0 Å². The maximum atomic E-state index is 12.4. The van der Waals surface area contributed by atoms with E-state index in [2.05, 4.69) is 5.32 Å². The summed E-state index contributed by atoms with van der Waals surface area (Å²) in [6, 6.07) is -1.72. The van der Waals surface area contributed by atoms with Crippen LogP contribution in [0.2, 0.25) is 0 Å². The van der Waals surface area contributed by atoms with Gasteiger partial charge in [0.2, 0.25) is 5.91 Å². The predicted molar refractivity (Wildman–Crippen MR) is 178 cm³/mol. The van der Waals surface area contributed by atoms with E-state index in [1.165, 1.54) is 0 Å². The number of carbonyl (C=O) groups is 1. The summed E-state index contributed by atoms with van der Waals surface area (Å²) >= 11 is 0. The van der Waals surface area contributed by atoms with Gasteiger partial charge in [-0.25, -0.2) is 0 Å². The van der Waals surface area contributed by atoms with Crippen LogP contribution in [-0.4, -0.2) is 274 Å². The number of hydrogen-bond donors (Lipinski definition) is 17. The molecule has 0 radical (unpaired) electrons. The Hall–Kier alpha value is -1.53. The van der Waals surface area contributed by atoms with E-state index in [1.807, 2.05) is 0 Å². The Morgan fingerprint density at radius 1 is 0.407 bits per heavy atom. The minimum Gasteiger partial charge on any atom is -0.394 e. The minimum atomic E-state index is -2.09. The third-order valence-electron chi connectivity index (χ3n) is 10.7. The van der Waals surface area contributed by atoms with E-state index in [-0.39, 0.29) is 0 Å². The topological polar surface area (TPSA) is 436 Å². The van der Waals surface area contributed by atoms with Gasteiger partial charge in [0.25, 0.3) is 0 Å². The first-order chi connectivity index (χ1) is 27.9. The summed E-state index contributed by atoms with van der Waals surface area (Å²) in [5, 5.41) is 169. The van der Waals surface area contributed by atoms with Crippen molar-refractivity contribution in [3.05, 3.63) is 0 Å².